The number of rotatable bonds is 2. The molecule has 0 amide bonds. The molecule has 0 aromatic heterocycles. The lowest BCUT2D eigenvalue weighted by molar-refractivity contribution is -0.137. The van der Waals surface area contributed by atoms with E-state index in [-0.39, 0.29) is 0 Å². The first kappa shape index (κ1) is 19.8. The zero-order chi connectivity index (χ0) is 19.6. The molecule has 1 N–H and O–H groups in total. The van der Waals surface area contributed by atoms with Crippen molar-refractivity contribution in [1.82, 2.24) is 4.90 Å². The molecule has 0 saturated carbocycles. The first-order valence-electron chi connectivity index (χ1n) is 8.48. The highest BCUT2D eigenvalue weighted by Crippen LogP contribution is 2.30. The average molecular weight is 414 g/mol. The summed E-state index contributed by atoms with van der Waals surface area (Å²) in [6, 6.07) is 10.7. The van der Waals surface area contributed by atoms with E-state index in [0.29, 0.717) is 15.8 Å². The van der Waals surface area contributed by atoms with Gasteiger partial charge in [0.2, 0.25) is 0 Å². The normalized spacial score (nSPS) is 15.0. The van der Waals surface area contributed by atoms with Crippen LogP contribution >= 0.6 is 23.8 Å². The van der Waals surface area contributed by atoms with Crippen molar-refractivity contribution in [3.05, 3.63) is 58.6 Å². The van der Waals surface area contributed by atoms with E-state index >= 15 is 0 Å². The molecule has 1 heterocycles. The van der Waals surface area contributed by atoms with Crippen LogP contribution < -0.4 is 10.2 Å². The van der Waals surface area contributed by atoms with Crippen LogP contribution in [0.25, 0.3) is 0 Å². The molecule has 144 valence electrons. The summed E-state index contributed by atoms with van der Waals surface area (Å²) in [5.74, 6) is 0. The van der Waals surface area contributed by atoms with Gasteiger partial charge in [0.25, 0.3) is 0 Å². The summed E-state index contributed by atoms with van der Waals surface area (Å²) >= 11 is 11.5. The number of hydrogen-bond acceptors (Lipinski definition) is 2. The highest BCUT2D eigenvalue weighted by molar-refractivity contribution is 7.80. The first-order valence-corrected chi connectivity index (χ1v) is 9.27. The zero-order valence-electron chi connectivity index (χ0n) is 14.7. The number of alkyl halides is 3. The van der Waals surface area contributed by atoms with Crippen molar-refractivity contribution in [1.29, 1.82) is 0 Å². The van der Waals surface area contributed by atoms with Crippen molar-refractivity contribution in [3.63, 3.8) is 0 Å². The average Bonchev–Trinajstić information content (AvgIpc) is 2.63. The van der Waals surface area contributed by atoms with Crippen LogP contribution in [0.1, 0.15) is 11.1 Å². The molecular formula is C19H19ClF3N3S. The van der Waals surface area contributed by atoms with Crippen molar-refractivity contribution in [2.75, 3.05) is 36.4 Å². The molecule has 0 radical (unpaired) electrons. The van der Waals surface area contributed by atoms with Crippen LogP contribution in [-0.2, 0) is 6.18 Å². The van der Waals surface area contributed by atoms with Crippen molar-refractivity contribution in [2.45, 2.75) is 13.1 Å². The van der Waals surface area contributed by atoms with Crippen molar-refractivity contribution in [3.8, 4) is 0 Å². The van der Waals surface area contributed by atoms with Gasteiger partial charge in [-0.2, -0.15) is 13.2 Å². The number of anilines is 2. The molecule has 3 rings (SSSR count). The molecule has 0 atom stereocenters. The number of nitrogens with zero attached hydrogens (tertiary/aromatic N) is 2. The summed E-state index contributed by atoms with van der Waals surface area (Å²) < 4.78 is 37.9. The summed E-state index contributed by atoms with van der Waals surface area (Å²) in [6.07, 6.45) is -4.34. The van der Waals surface area contributed by atoms with Crippen LogP contribution in [0.3, 0.4) is 0 Å². The van der Waals surface area contributed by atoms with E-state index in [1.165, 1.54) is 17.7 Å². The molecule has 0 spiro atoms. The van der Waals surface area contributed by atoms with Gasteiger partial charge in [-0.1, -0.05) is 17.7 Å². The number of piperazine rings is 1. The van der Waals surface area contributed by atoms with Gasteiger partial charge in [0.05, 0.1) is 5.56 Å². The number of benzene rings is 2. The van der Waals surface area contributed by atoms with Gasteiger partial charge in [0, 0.05) is 42.6 Å². The number of halogens is 4. The maximum atomic E-state index is 12.6. The second-order valence-corrected chi connectivity index (χ2v) is 7.23. The number of thiocarbonyl (C=S) groups is 1. The van der Waals surface area contributed by atoms with Gasteiger partial charge in [0.1, 0.15) is 0 Å². The third kappa shape index (κ3) is 4.84. The largest absolute Gasteiger partial charge is 0.416 e. The Kier molecular flexibility index (Phi) is 5.81. The number of aryl methyl sites for hydroxylation is 1. The Bertz CT molecular complexity index is 816. The van der Waals surface area contributed by atoms with Gasteiger partial charge in [-0.15, -0.1) is 0 Å². The second kappa shape index (κ2) is 7.94. The Morgan fingerprint density at radius 2 is 1.67 bits per heavy atom. The molecule has 3 nitrogen and oxygen atoms in total. The number of hydrogen-bond donors (Lipinski definition) is 1. The van der Waals surface area contributed by atoms with E-state index in [2.05, 4.69) is 17.1 Å². The summed E-state index contributed by atoms with van der Waals surface area (Å²) in [7, 11) is 0. The van der Waals surface area contributed by atoms with Gasteiger partial charge in [-0.3, -0.25) is 0 Å². The molecule has 2 aromatic rings. The minimum atomic E-state index is -4.34. The molecule has 1 aliphatic heterocycles. The molecule has 27 heavy (non-hydrogen) atoms. The SMILES string of the molecule is Cc1ccc(Cl)cc1N1CCN(C(=S)Nc2ccc(C(F)(F)F)cc2)CC1. The van der Waals surface area contributed by atoms with Crippen LogP contribution in [0.4, 0.5) is 24.5 Å². The Balaban J connectivity index is 1.58. The van der Waals surface area contributed by atoms with Gasteiger partial charge < -0.3 is 15.1 Å². The van der Waals surface area contributed by atoms with Gasteiger partial charge in [-0.25, -0.2) is 0 Å². The minimum Gasteiger partial charge on any atom is -0.368 e. The molecule has 0 unspecified atom stereocenters. The van der Waals surface area contributed by atoms with E-state index in [1.54, 1.807) is 0 Å². The van der Waals surface area contributed by atoms with Crippen molar-refractivity contribution in [2.24, 2.45) is 0 Å². The third-order valence-corrected chi connectivity index (χ3v) is 5.14. The van der Waals surface area contributed by atoms with E-state index in [4.69, 9.17) is 23.8 Å². The highest BCUT2D eigenvalue weighted by atomic mass is 35.5. The third-order valence-electron chi connectivity index (χ3n) is 4.54. The molecule has 2 aromatic carbocycles. The van der Waals surface area contributed by atoms with E-state index in [0.717, 1.165) is 44.0 Å². The van der Waals surface area contributed by atoms with E-state index in [1.807, 2.05) is 23.1 Å². The predicted molar refractivity (Wildman–Crippen MR) is 108 cm³/mol. The van der Waals surface area contributed by atoms with Crippen LogP contribution in [0.5, 0.6) is 0 Å². The topological polar surface area (TPSA) is 18.5 Å². The summed E-state index contributed by atoms with van der Waals surface area (Å²) in [4.78, 5) is 4.28. The second-order valence-electron chi connectivity index (χ2n) is 6.41. The van der Waals surface area contributed by atoms with E-state index < -0.39 is 11.7 Å². The van der Waals surface area contributed by atoms with Crippen LogP contribution in [0, 0.1) is 6.92 Å². The summed E-state index contributed by atoms with van der Waals surface area (Å²) in [6.45, 7) is 5.07. The zero-order valence-corrected chi connectivity index (χ0v) is 16.3. The standard InChI is InChI=1S/C19H19ClF3N3S/c1-13-2-5-15(20)12-17(13)25-8-10-26(11-9-25)18(27)24-16-6-3-14(4-7-16)19(21,22)23/h2-7,12H,8-11H2,1H3,(H,24,27). The van der Waals surface area contributed by atoms with Gasteiger partial charge in [-0.05, 0) is 61.1 Å². The molecule has 8 heteroatoms. The smallest absolute Gasteiger partial charge is 0.368 e. The lowest BCUT2D eigenvalue weighted by atomic mass is 10.1. The Labute approximate surface area is 166 Å². The monoisotopic (exact) mass is 413 g/mol. The van der Waals surface area contributed by atoms with Gasteiger partial charge >= 0.3 is 6.18 Å². The fourth-order valence-electron chi connectivity index (χ4n) is 3.02. The highest BCUT2D eigenvalue weighted by Gasteiger charge is 2.30. The van der Waals surface area contributed by atoms with Crippen LogP contribution in [0.2, 0.25) is 5.02 Å². The maximum absolute atomic E-state index is 12.6. The lowest BCUT2D eigenvalue weighted by Crippen LogP contribution is -2.50. The van der Waals surface area contributed by atoms with Crippen LogP contribution in [-0.4, -0.2) is 36.2 Å². The van der Waals surface area contributed by atoms with Crippen molar-refractivity contribution >= 4 is 40.3 Å². The fraction of sp³-hybridized carbons (Fsp3) is 0.316. The lowest BCUT2D eigenvalue weighted by Gasteiger charge is -2.38. The molecule has 0 bridgehead atoms. The Morgan fingerprint density at radius 3 is 2.26 bits per heavy atom. The minimum absolute atomic E-state index is 0.511. The molecular weight excluding hydrogens is 395 g/mol. The number of nitrogens with one attached hydrogen (secondary N) is 1. The van der Waals surface area contributed by atoms with E-state index in [9.17, 15) is 13.2 Å². The molecule has 1 aliphatic rings. The summed E-state index contributed by atoms with van der Waals surface area (Å²) in [5, 5.41) is 4.23. The Morgan fingerprint density at radius 1 is 1.04 bits per heavy atom. The summed E-state index contributed by atoms with van der Waals surface area (Å²) in [5.41, 5.74) is 2.15. The predicted octanol–water partition coefficient (Wildman–Crippen LogP) is 5.19. The Hall–Kier alpha value is -1.99. The first-order chi connectivity index (χ1) is 12.7. The van der Waals surface area contributed by atoms with Crippen LogP contribution in [0.15, 0.2) is 42.5 Å². The maximum Gasteiger partial charge on any atom is 0.416 e. The van der Waals surface area contributed by atoms with Gasteiger partial charge in [0.15, 0.2) is 5.11 Å². The fourth-order valence-corrected chi connectivity index (χ4v) is 3.49. The van der Waals surface area contributed by atoms with Crippen molar-refractivity contribution < 1.29 is 13.2 Å². The molecule has 1 saturated heterocycles. The quantitative estimate of drug-likeness (QED) is 0.683. The molecule has 0 aliphatic carbocycles. The molecule has 1 fully saturated rings.